The number of aliphatic hydroxyl groups is 1. The van der Waals surface area contributed by atoms with Gasteiger partial charge in [0.1, 0.15) is 0 Å². The molecular formula is C11H14ClNO2S. The number of halogens is 1. The molecule has 1 aliphatic rings. The van der Waals surface area contributed by atoms with Gasteiger partial charge in [-0.25, -0.2) is 0 Å². The van der Waals surface area contributed by atoms with Crippen molar-refractivity contribution in [1.82, 2.24) is 4.90 Å². The molecular weight excluding hydrogens is 246 g/mol. The largest absolute Gasteiger partial charge is 0.393 e. The summed E-state index contributed by atoms with van der Waals surface area (Å²) >= 11 is 7.09. The van der Waals surface area contributed by atoms with E-state index in [4.69, 9.17) is 11.6 Å². The molecule has 0 atom stereocenters. The van der Waals surface area contributed by atoms with Crippen LogP contribution in [0.4, 0.5) is 0 Å². The van der Waals surface area contributed by atoms with Crippen LogP contribution in [0.2, 0.25) is 4.34 Å². The minimum atomic E-state index is -0.162. The fourth-order valence-electron chi connectivity index (χ4n) is 1.94. The summed E-state index contributed by atoms with van der Waals surface area (Å²) in [5.41, 5.74) is 0. The summed E-state index contributed by atoms with van der Waals surface area (Å²) in [6.45, 7) is 0.714. The molecule has 1 saturated carbocycles. The molecule has 1 aromatic heterocycles. The van der Waals surface area contributed by atoms with Crippen molar-refractivity contribution in [1.29, 1.82) is 0 Å². The smallest absolute Gasteiger partial charge is 0.263 e. The molecule has 0 aromatic carbocycles. The van der Waals surface area contributed by atoms with Crippen LogP contribution in [-0.4, -0.2) is 35.6 Å². The monoisotopic (exact) mass is 259 g/mol. The Labute approximate surface area is 104 Å². The topological polar surface area (TPSA) is 40.5 Å². The maximum Gasteiger partial charge on any atom is 0.263 e. The molecule has 0 spiro atoms. The predicted octanol–water partition coefficient (Wildman–Crippen LogP) is 2.24. The van der Waals surface area contributed by atoms with Gasteiger partial charge in [0.15, 0.2) is 0 Å². The Balaban J connectivity index is 1.89. The third-order valence-corrected chi connectivity index (χ3v) is 4.09. The summed E-state index contributed by atoms with van der Waals surface area (Å²) in [6.07, 6.45) is 1.45. The molecule has 1 heterocycles. The van der Waals surface area contributed by atoms with Crippen molar-refractivity contribution in [2.45, 2.75) is 18.9 Å². The molecule has 1 aliphatic carbocycles. The first-order valence-electron chi connectivity index (χ1n) is 5.25. The number of aliphatic hydroxyl groups excluding tert-OH is 1. The maximum atomic E-state index is 11.9. The van der Waals surface area contributed by atoms with Gasteiger partial charge < -0.3 is 10.0 Å². The van der Waals surface area contributed by atoms with Gasteiger partial charge in [0.2, 0.25) is 0 Å². The molecule has 0 bridgehead atoms. The van der Waals surface area contributed by atoms with Crippen molar-refractivity contribution >= 4 is 28.8 Å². The molecule has 0 aliphatic heterocycles. The average Bonchev–Trinajstić information content (AvgIpc) is 2.61. The lowest BCUT2D eigenvalue weighted by molar-refractivity contribution is 0.0266. The van der Waals surface area contributed by atoms with Crippen LogP contribution in [0.1, 0.15) is 22.5 Å². The highest BCUT2D eigenvalue weighted by Crippen LogP contribution is 2.28. The van der Waals surface area contributed by atoms with Gasteiger partial charge in [0.25, 0.3) is 5.91 Å². The highest BCUT2D eigenvalue weighted by atomic mass is 35.5. The van der Waals surface area contributed by atoms with E-state index in [-0.39, 0.29) is 12.0 Å². The van der Waals surface area contributed by atoms with Crippen LogP contribution < -0.4 is 0 Å². The lowest BCUT2D eigenvalue weighted by atomic mass is 9.82. The summed E-state index contributed by atoms with van der Waals surface area (Å²) in [5.74, 6) is 0.456. The zero-order valence-electron chi connectivity index (χ0n) is 9.02. The SMILES string of the molecule is CN(CC1CC(O)C1)C(=O)c1ccc(Cl)s1. The maximum absolute atomic E-state index is 11.9. The number of hydrogen-bond acceptors (Lipinski definition) is 3. The number of carbonyl (C=O) groups excluding carboxylic acids is 1. The summed E-state index contributed by atoms with van der Waals surface area (Å²) < 4.78 is 0.635. The lowest BCUT2D eigenvalue weighted by Gasteiger charge is -2.34. The Morgan fingerprint density at radius 3 is 2.81 bits per heavy atom. The number of carbonyl (C=O) groups is 1. The first-order valence-corrected chi connectivity index (χ1v) is 6.44. The van der Waals surface area contributed by atoms with E-state index in [1.165, 1.54) is 11.3 Å². The van der Waals surface area contributed by atoms with E-state index >= 15 is 0 Å². The van der Waals surface area contributed by atoms with Crippen LogP contribution in [0, 0.1) is 5.92 Å². The molecule has 1 aromatic rings. The number of nitrogens with zero attached hydrogens (tertiary/aromatic N) is 1. The van der Waals surface area contributed by atoms with E-state index in [0.717, 1.165) is 12.8 Å². The average molecular weight is 260 g/mol. The Morgan fingerprint density at radius 2 is 2.31 bits per heavy atom. The van der Waals surface area contributed by atoms with E-state index in [9.17, 15) is 9.90 Å². The number of rotatable bonds is 3. The number of amides is 1. The Kier molecular flexibility index (Phi) is 3.52. The van der Waals surface area contributed by atoms with Gasteiger partial charge in [0, 0.05) is 13.6 Å². The molecule has 0 unspecified atom stereocenters. The van der Waals surface area contributed by atoms with Crippen LogP contribution in [-0.2, 0) is 0 Å². The van der Waals surface area contributed by atoms with E-state index in [0.29, 0.717) is 21.7 Å². The molecule has 1 fully saturated rings. The Morgan fingerprint density at radius 1 is 1.62 bits per heavy atom. The third kappa shape index (κ3) is 2.56. The minimum absolute atomic E-state index is 0.0123. The molecule has 88 valence electrons. The molecule has 1 amide bonds. The number of hydrogen-bond donors (Lipinski definition) is 1. The molecule has 2 rings (SSSR count). The zero-order chi connectivity index (χ0) is 11.7. The highest BCUT2D eigenvalue weighted by Gasteiger charge is 2.29. The Bertz CT molecular complexity index is 387. The fraction of sp³-hybridized carbons (Fsp3) is 0.545. The summed E-state index contributed by atoms with van der Waals surface area (Å²) in [5, 5.41) is 9.17. The molecule has 0 radical (unpaired) electrons. The fourth-order valence-corrected chi connectivity index (χ4v) is 2.97. The van der Waals surface area contributed by atoms with Crippen molar-refractivity contribution < 1.29 is 9.90 Å². The minimum Gasteiger partial charge on any atom is -0.393 e. The van der Waals surface area contributed by atoms with Gasteiger partial charge in [-0.1, -0.05) is 11.6 Å². The second kappa shape index (κ2) is 4.73. The highest BCUT2D eigenvalue weighted by molar-refractivity contribution is 7.17. The van der Waals surface area contributed by atoms with Gasteiger partial charge in [-0.15, -0.1) is 11.3 Å². The summed E-state index contributed by atoms with van der Waals surface area (Å²) in [4.78, 5) is 14.3. The van der Waals surface area contributed by atoms with Crippen molar-refractivity contribution in [3.63, 3.8) is 0 Å². The molecule has 1 N–H and O–H groups in total. The first kappa shape index (κ1) is 11.9. The van der Waals surface area contributed by atoms with Gasteiger partial charge in [0.05, 0.1) is 15.3 Å². The van der Waals surface area contributed by atoms with Crippen LogP contribution in [0.15, 0.2) is 12.1 Å². The quantitative estimate of drug-likeness (QED) is 0.905. The van der Waals surface area contributed by atoms with Gasteiger partial charge in [-0.3, -0.25) is 4.79 Å². The predicted molar refractivity (Wildman–Crippen MR) is 65.0 cm³/mol. The standard InChI is InChI=1S/C11H14ClNO2S/c1-13(6-7-4-8(14)5-7)11(15)9-2-3-10(12)16-9/h2-3,7-8,14H,4-6H2,1H3. The molecule has 0 saturated heterocycles. The van der Waals surface area contributed by atoms with Crippen LogP contribution in [0.3, 0.4) is 0 Å². The summed E-state index contributed by atoms with van der Waals surface area (Å²) in [6, 6.07) is 3.49. The third-order valence-electron chi connectivity index (χ3n) is 2.87. The van der Waals surface area contributed by atoms with Crippen LogP contribution in [0.5, 0.6) is 0 Å². The van der Waals surface area contributed by atoms with E-state index in [1.54, 1.807) is 24.1 Å². The molecule has 5 heteroatoms. The number of thiophene rings is 1. The van der Waals surface area contributed by atoms with Crippen molar-refractivity contribution in [3.05, 3.63) is 21.3 Å². The zero-order valence-corrected chi connectivity index (χ0v) is 10.6. The lowest BCUT2D eigenvalue weighted by Crippen LogP contribution is -2.39. The molecule has 16 heavy (non-hydrogen) atoms. The van der Waals surface area contributed by atoms with Crippen molar-refractivity contribution in [2.24, 2.45) is 5.92 Å². The van der Waals surface area contributed by atoms with E-state index in [1.807, 2.05) is 0 Å². The van der Waals surface area contributed by atoms with E-state index in [2.05, 4.69) is 0 Å². The van der Waals surface area contributed by atoms with Gasteiger partial charge in [-0.2, -0.15) is 0 Å². The van der Waals surface area contributed by atoms with E-state index < -0.39 is 0 Å². The van der Waals surface area contributed by atoms with Crippen molar-refractivity contribution in [2.75, 3.05) is 13.6 Å². The van der Waals surface area contributed by atoms with Crippen LogP contribution in [0.25, 0.3) is 0 Å². The van der Waals surface area contributed by atoms with Crippen LogP contribution >= 0.6 is 22.9 Å². The van der Waals surface area contributed by atoms with Gasteiger partial charge >= 0.3 is 0 Å². The Hall–Kier alpha value is -0.580. The van der Waals surface area contributed by atoms with Gasteiger partial charge in [-0.05, 0) is 30.9 Å². The normalized spacial score (nSPS) is 23.9. The second-order valence-corrected chi connectivity index (χ2v) is 6.00. The van der Waals surface area contributed by atoms with Crippen molar-refractivity contribution in [3.8, 4) is 0 Å². The summed E-state index contributed by atoms with van der Waals surface area (Å²) in [7, 11) is 1.79. The second-order valence-electron chi connectivity index (χ2n) is 4.28. The molecule has 3 nitrogen and oxygen atoms in total. The first-order chi connectivity index (χ1) is 7.56.